The van der Waals surface area contributed by atoms with Crippen molar-refractivity contribution in [3.8, 4) is 5.75 Å². The van der Waals surface area contributed by atoms with Crippen molar-refractivity contribution in [2.24, 2.45) is 17.6 Å². The molecule has 0 aliphatic heterocycles. The van der Waals surface area contributed by atoms with Gasteiger partial charge in [-0.2, -0.15) is 0 Å². The van der Waals surface area contributed by atoms with Gasteiger partial charge in [-0.05, 0) is 45.2 Å². The van der Waals surface area contributed by atoms with Crippen LogP contribution in [0.2, 0.25) is 0 Å². The van der Waals surface area contributed by atoms with E-state index in [9.17, 15) is 4.79 Å². The Kier molecular flexibility index (Phi) is 5.62. The molecule has 0 radical (unpaired) electrons. The molecule has 1 fully saturated rings. The van der Waals surface area contributed by atoms with Gasteiger partial charge in [-0.15, -0.1) is 0 Å². The van der Waals surface area contributed by atoms with Gasteiger partial charge in [-0.3, -0.25) is 4.79 Å². The van der Waals surface area contributed by atoms with Crippen LogP contribution < -0.4 is 15.8 Å². The third-order valence-corrected chi connectivity index (χ3v) is 4.09. The largest absolute Gasteiger partial charge is 0.491 e. The van der Waals surface area contributed by atoms with E-state index < -0.39 is 0 Å². The van der Waals surface area contributed by atoms with Crippen LogP contribution in [0.4, 0.5) is 0 Å². The molecule has 3 N–H and O–H groups in total. The van der Waals surface area contributed by atoms with Crippen LogP contribution in [0.5, 0.6) is 5.75 Å². The molecule has 116 valence electrons. The molecule has 2 rings (SSSR count). The zero-order valence-corrected chi connectivity index (χ0v) is 13.0. The minimum absolute atomic E-state index is 0.0770. The second-order valence-electron chi connectivity index (χ2n) is 6.03. The van der Waals surface area contributed by atoms with Crippen LogP contribution in [0.3, 0.4) is 0 Å². The van der Waals surface area contributed by atoms with E-state index in [4.69, 9.17) is 10.5 Å². The number of para-hydroxylation sites is 1. The molecule has 1 aliphatic rings. The summed E-state index contributed by atoms with van der Waals surface area (Å²) in [5.74, 6) is 1.39. The molecule has 0 saturated heterocycles. The van der Waals surface area contributed by atoms with Crippen molar-refractivity contribution >= 4 is 5.91 Å². The van der Waals surface area contributed by atoms with Gasteiger partial charge in [0.2, 0.25) is 5.91 Å². The Labute approximate surface area is 127 Å². The van der Waals surface area contributed by atoms with Crippen LogP contribution in [0.25, 0.3) is 0 Å². The number of nitrogens with one attached hydrogen (secondary N) is 1. The van der Waals surface area contributed by atoms with E-state index in [2.05, 4.69) is 5.32 Å². The van der Waals surface area contributed by atoms with Crippen LogP contribution in [0.1, 0.15) is 38.7 Å². The molecule has 0 spiro atoms. The van der Waals surface area contributed by atoms with Crippen molar-refractivity contribution in [1.29, 1.82) is 0 Å². The second-order valence-corrected chi connectivity index (χ2v) is 6.03. The molecule has 1 aliphatic carbocycles. The standard InChI is InChI=1S/C17H26N2O2/c1-12(2)21-16-9-4-3-6-14(16)11-19-17(20)15-8-5-7-13(15)10-18/h3-4,6,9,12-13,15H,5,7-8,10-11,18H2,1-2H3,(H,19,20)/t13-,15-/m1/s1. The third-order valence-electron chi connectivity index (χ3n) is 4.09. The average molecular weight is 290 g/mol. The number of amides is 1. The van der Waals surface area contributed by atoms with E-state index in [1.165, 1.54) is 0 Å². The first-order chi connectivity index (χ1) is 10.1. The first-order valence-corrected chi connectivity index (χ1v) is 7.84. The molecule has 0 aromatic heterocycles. The van der Waals surface area contributed by atoms with Crippen LogP contribution in [-0.2, 0) is 11.3 Å². The van der Waals surface area contributed by atoms with Crippen molar-refractivity contribution in [3.05, 3.63) is 29.8 Å². The maximum Gasteiger partial charge on any atom is 0.223 e. The third kappa shape index (κ3) is 4.21. The lowest BCUT2D eigenvalue weighted by Gasteiger charge is -2.19. The van der Waals surface area contributed by atoms with Gasteiger partial charge in [0.1, 0.15) is 5.75 Å². The molecule has 0 unspecified atom stereocenters. The van der Waals surface area contributed by atoms with Crippen molar-refractivity contribution in [1.82, 2.24) is 5.32 Å². The Hall–Kier alpha value is -1.55. The van der Waals surface area contributed by atoms with E-state index in [0.29, 0.717) is 19.0 Å². The number of hydrogen-bond donors (Lipinski definition) is 2. The summed E-state index contributed by atoms with van der Waals surface area (Å²) in [6.45, 7) is 5.11. The van der Waals surface area contributed by atoms with Gasteiger partial charge in [0.25, 0.3) is 0 Å². The van der Waals surface area contributed by atoms with Gasteiger partial charge in [-0.25, -0.2) is 0 Å². The van der Waals surface area contributed by atoms with Gasteiger partial charge in [-0.1, -0.05) is 24.6 Å². The Bertz CT molecular complexity index is 474. The lowest BCUT2D eigenvalue weighted by atomic mass is 9.95. The molecule has 1 aromatic carbocycles. The normalized spacial score (nSPS) is 21.5. The van der Waals surface area contributed by atoms with Gasteiger partial charge in [0.15, 0.2) is 0 Å². The zero-order chi connectivity index (χ0) is 15.2. The van der Waals surface area contributed by atoms with Crippen LogP contribution in [0, 0.1) is 11.8 Å². The summed E-state index contributed by atoms with van der Waals surface area (Å²) < 4.78 is 5.77. The van der Waals surface area contributed by atoms with Gasteiger partial charge < -0.3 is 15.8 Å². The number of benzene rings is 1. The summed E-state index contributed by atoms with van der Waals surface area (Å²) in [5.41, 5.74) is 6.76. The average Bonchev–Trinajstić information content (AvgIpc) is 2.94. The highest BCUT2D eigenvalue weighted by atomic mass is 16.5. The first kappa shape index (κ1) is 15.8. The van der Waals surface area contributed by atoms with Crippen LogP contribution >= 0.6 is 0 Å². The molecule has 1 aromatic rings. The van der Waals surface area contributed by atoms with E-state index in [0.717, 1.165) is 30.6 Å². The number of carbonyl (C=O) groups excluding carboxylic acids is 1. The Balaban J connectivity index is 1.95. The number of hydrogen-bond acceptors (Lipinski definition) is 3. The predicted molar refractivity (Wildman–Crippen MR) is 83.9 cm³/mol. The molecule has 4 heteroatoms. The highest BCUT2D eigenvalue weighted by molar-refractivity contribution is 5.79. The lowest BCUT2D eigenvalue weighted by Crippen LogP contribution is -2.34. The fourth-order valence-corrected chi connectivity index (χ4v) is 3.00. The molecule has 0 heterocycles. The topological polar surface area (TPSA) is 64.3 Å². The minimum Gasteiger partial charge on any atom is -0.491 e. The summed E-state index contributed by atoms with van der Waals surface area (Å²) in [6.07, 6.45) is 3.25. The minimum atomic E-state index is 0.0770. The van der Waals surface area contributed by atoms with Crippen LogP contribution in [-0.4, -0.2) is 18.6 Å². The fourth-order valence-electron chi connectivity index (χ4n) is 3.00. The highest BCUT2D eigenvalue weighted by Gasteiger charge is 2.31. The van der Waals surface area contributed by atoms with Crippen LogP contribution in [0.15, 0.2) is 24.3 Å². The van der Waals surface area contributed by atoms with Crippen molar-refractivity contribution < 1.29 is 9.53 Å². The van der Waals surface area contributed by atoms with E-state index in [1.807, 2.05) is 38.1 Å². The molecular weight excluding hydrogens is 264 g/mol. The lowest BCUT2D eigenvalue weighted by molar-refractivity contribution is -0.126. The maximum atomic E-state index is 12.3. The zero-order valence-electron chi connectivity index (χ0n) is 13.0. The Morgan fingerprint density at radius 1 is 1.38 bits per heavy atom. The smallest absolute Gasteiger partial charge is 0.223 e. The van der Waals surface area contributed by atoms with Crippen molar-refractivity contribution in [2.45, 2.75) is 45.8 Å². The van der Waals surface area contributed by atoms with Gasteiger partial charge >= 0.3 is 0 Å². The van der Waals surface area contributed by atoms with Gasteiger partial charge in [0.05, 0.1) is 6.10 Å². The highest BCUT2D eigenvalue weighted by Crippen LogP contribution is 2.31. The predicted octanol–water partition coefficient (Wildman–Crippen LogP) is 2.46. The molecular formula is C17H26N2O2. The molecule has 21 heavy (non-hydrogen) atoms. The molecule has 1 saturated carbocycles. The van der Waals surface area contributed by atoms with Crippen molar-refractivity contribution in [2.75, 3.05) is 6.54 Å². The number of carbonyl (C=O) groups is 1. The Morgan fingerprint density at radius 3 is 2.86 bits per heavy atom. The van der Waals surface area contributed by atoms with E-state index in [1.54, 1.807) is 0 Å². The maximum absolute atomic E-state index is 12.3. The van der Waals surface area contributed by atoms with Gasteiger partial charge in [0, 0.05) is 18.0 Å². The summed E-state index contributed by atoms with van der Waals surface area (Å²) in [4.78, 5) is 12.3. The number of ether oxygens (including phenoxy) is 1. The number of rotatable bonds is 6. The van der Waals surface area contributed by atoms with E-state index >= 15 is 0 Å². The molecule has 1 amide bonds. The summed E-state index contributed by atoms with van der Waals surface area (Å²) in [7, 11) is 0. The molecule has 0 bridgehead atoms. The molecule has 2 atom stereocenters. The SMILES string of the molecule is CC(C)Oc1ccccc1CNC(=O)[C@@H]1CCC[C@@H]1CN. The number of nitrogens with two attached hydrogens (primary N) is 1. The van der Waals surface area contributed by atoms with Crippen molar-refractivity contribution in [3.63, 3.8) is 0 Å². The van der Waals surface area contributed by atoms with E-state index in [-0.39, 0.29) is 17.9 Å². The Morgan fingerprint density at radius 2 is 2.14 bits per heavy atom. The summed E-state index contributed by atoms with van der Waals surface area (Å²) >= 11 is 0. The first-order valence-electron chi connectivity index (χ1n) is 7.84. The monoisotopic (exact) mass is 290 g/mol. The second kappa shape index (κ2) is 7.46. The quantitative estimate of drug-likeness (QED) is 0.846. The molecule has 4 nitrogen and oxygen atoms in total. The summed E-state index contributed by atoms with van der Waals surface area (Å²) in [5, 5.41) is 3.04. The fraction of sp³-hybridized carbons (Fsp3) is 0.588. The summed E-state index contributed by atoms with van der Waals surface area (Å²) in [6, 6.07) is 7.85.